The van der Waals surface area contributed by atoms with Crippen LogP contribution in [0.15, 0.2) is 18.2 Å². The smallest absolute Gasteiger partial charge is 0.226 e. The molecule has 3 nitrogen and oxygen atoms in total. The second kappa shape index (κ2) is 3.05. The Morgan fingerprint density at radius 2 is 2.15 bits per heavy atom. The molecule has 2 rings (SSSR count). The van der Waals surface area contributed by atoms with E-state index in [0.29, 0.717) is 24.3 Å². The van der Waals surface area contributed by atoms with Gasteiger partial charge in [0, 0.05) is 13.0 Å². The van der Waals surface area contributed by atoms with Gasteiger partial charge in [-0.2, -0.15) is 0 Å². The zero-order valence-electron chi connectivity index (χ0n) is 6.93. The van der Waals surface area contributed by atoms with E-state index in [1.807, 2.05) is 0 Å². The fraction of sp³-hybridized carbons (Fsp3) is 0.222. The van der Waals surface area contributed by atoms with E-state index >= 15 is 0 Å². The molecule has 1 aromatic carbocycles. The number of hydrogen-bond donors (Lipinski definition) is 2. The van der Waals surface area contributed by atoms with Gasteiger partial charge in [0.2, 0.25) is 5.91 Å². The summed E-state index contributed by atoms with van der Waals surface area (Å²) in [7, 11) is 0. The molecule has 0 unspecified atom stereocenters. The molecule has 0 aliphatic carbocycles. The van der Waals surface area contributed by atoms with Gasteiger partial charge < -0.3 is 10.6 Å². The number of carbonyl (C=O) groups excluding carboxylic acids is 1. The minimum absolute atomic E-state index is 0.0436. The van der Waals surface area contributed by atoms with Gasteiger partial charge in [-0.1, -0.05) is 0 Å². The zero-order chi connectivity index (χ0) is 9.26. The van der Waals surface area contributed by atoms with Crippen LogP contribution < -0.4 is 10.6 Å². The first-order valence-electron chi connectivity index (χ1n) is 4.09. The van der Waals surface area contributed by atoms with E-state index in [2.05, 4.69) is 10.6 Å². The molecule has 1 aliphatic heterocycles. The Bertz CT molecular complexity index is 351. The summed E-state index contributed by atoms with van der Waals surface area (Å²) in [6.45, 7) is 0.544. The van der Waals surface area contributed by atoms with Crippen molar-refractivity contribution >= 4 is 17.3 Å². The average molecular weight is 180 g/mol. The number of hydrogen-bond acceptors (Lipinski definition) is 2. The van der Waals surface area contributed by atoms with Gasteiger partial charge in [-0.05, 0) is 18.2 Å². The number of fused-ring (bicyclic) bond motifs is 1. The fourth-order valence-electron chi connectivity index (χ4n) is 1.30. The molecular formula is C9H9FN2O. The molecule has 0 saturated heterocycles. The summed E-state index contributed by atoms with van der Waals surface area (Å²) >= 11 is 0. The van der Waals surface area contributed by atoms with Crippen LogP contribution in [0.25, 0.3) is 0 Å². The zero-order valence-corrected chi connectivity index (χ0v) is 6.93. The van der Waals surface area contributed by atoms with Gasteiger partial charge in [-0.15, -0.1) is 0 Å². The van der Waals surface area contributed by atoms with Crippen molar-refractivity contribution in [1.29, 1.82) is 0 Å². The molecule has 1 heterocycles. The molecule has 0 bridgehead atoms. The molecule has 1 aliphatic rings. The Kier molecular flexibility index (Phi) is 1.88. The minimum atomic E-state index is -0.303. The number of halogens is 1. The van der Waals surface area contributed by atoms with Crippen LogP contribution >= 0.6 is 0 Å². The average Bonchev–Trinajstić information content (AvgIpc) is 2.25. The quantitative estimate of drug-likeness (QED) is 0.636. The SMILES string of the molecule is O=C1CCNc2cc(F)ccc2N1. The Hall–Kier alpha value is -1.58. The first kappa shape index (κ1) is 8.04. The number of anilines is 2. The van der Waals surface area contributed by atoms with Gasteiger partial charge in [-0.25, -0.2) is 4.39 Å². The van der Waals surface area contributed by atoms with Crippen LogP contribution in [-0.4, -0.2) is 12.5 Å². The molecule has 2 N–H and O–H groups in total. The van der Waals surface area contributed by atoms with Crippen LogP contribution in [-0.2, 0) is 4.79 Å². The predicted octanol–water partition coefficient (Wildman–Crippen LogP) is 1.58. The largest absolute Gasteiger partial charge is 0.383 e. The summed E-state index contributed by atoms with van der Waals surface area (Å²) in [5.41, 5.74) is 1.29. The molecule has 1 aromatic rings. The lowest BCUT2D eigenvalue weighted by molar-refractivity contribution is -0.115. The van der Waals surface area contributed by atoms with Crippen molar-refractivity contribution in [3.05, 3.63) is 24.0 Å². The highest BCUT2D eigenvalue weighted by molar-refractivity contribution is 5.95. The summed E-state index contributed by atoms with van der Waals surface area (Å²) in [5, 5.41) is 5.65. The Morgan fingerprint density at radius 3 is 3.00 bits per heavy atom. The third-order valence-electron chi connectivity index (χ3n) is 1.92. The van der Waals surface area contributed by atoms with Crippen molar-refractivity contribution in [3.8, 4) is 0 Å². The first-order chi connectivity index (χ1) is 6.25. The van der Waals surface area contributed by atoms with Crippen LogP contribution in [0, 0.1) is 5.82 Å². The molecule has 0 radical (unpaired) electrons. The van der Waals surface area contributed by atoms with E-state index in [-0.39, 0.29) is 11.7 Å². The lowest BCUT2D eigenvalue weighted by Gasteiger charge is -2.06. The molecular weight excluding hydrogens is 171 g/mol. The number of nitrogens with one attached hydrogen (secondary N) is 2. The lowest BCUT2D eigenvalue weighted by Crippen LogP contribution is -2.10. The molecule has 0 spiro atoms. The number of benzene rings is 1. The van der Waals surface area contributed by atoms with Crippen LogP contribution in [0.5, 0.6) is 0 Å². The number of rotatable bonds is 0. The topological polar surface area (TPSA) is 41.1 Å². The summed E-state index contributed by atoms with van der Waals surface area (Å²) in [5.74, 6) is -0.347. The Balaban J connectivity index is 2.40. The van der Waals surface area contributed by atoms with Gasteiger partial charge in [0.15, 0.2) is 0 Å². The molecule has 13 heavy (non-hydrogen) atoms. The molecule has 1 amide bonds. The van der Waals surface area contributed by atoms with Gasteiger partial charge in [0.1, 0.15) is 5.82 Å². The van der Waals surface area contributed by atoms with Crippen LogP contribution in [0.1, 0.15) is 6.42 Å². The van der Waals surface area contributed by atoms with Crippen LogP contribution in [0.2, 0.25) is 0 Å². The maximum atomic E-state index is 12.8. The van der Waals surface area contributed by atoms with Gasteiger partial charge >= 0.3 is 0 Å². The van der Waals surface area contributed by atoms with Gasteiger partial charge in [-0.3, -0.25) is 4.79 Å². The molecule has 0 saturated carbocycles. The Morgan fingerprint density at radius 1 is 1.31 bits per heavy atom. The molecule has 0 aromatic heterocycles. The maximum absolute atomic E-state index is 12.8. The first-order valence-corrected chi connectivity index (χ1v) is 4.09. The van der Waals surface area contributed by atoms with Crippen molar-refractivity contribution in [1.82, 2.24) is 0 Å². The number of amides is 1. The summed E-state index contributed by atoms with van der Waals surface area (Å²) in [6, 6.07) is 4.26. The highest BCUT2D eigenvalue weighted by Crippen LogP contribution is 2.24. The van der Waals surface area contributed by atoms with E-state index in [1.165, 1.54) is 12.1 Å². The normalized spacial score (nSPS) is 15.3. The second-order valence-corrected chi connectivity index (χ2v) is 2.91. The van der Waals surface area contributed by atoms with Gasteiger partial charge in [0.05, 0.1) is 11.4 Å². The van der Waals surface area contributed by atoms with Crippen molar-refractivity contribution in [2.45, 2.75) is 6.42 Å². The number of carbonyl (C=O) groups is 1. The maximum Gasteiger partial charge on any atom is 0.226 e. The monoisotopic (exact) mass is 180 g/mol. The third-order valence-corrected chi connectivity index (χ3v) is 1.92. The Labute approximate surface area is 74.9 Å². The van der Waals surface area contributed by atoms with E-state index < -0.39 is 0 Å². The fourth-order valence-corrected chi connectivity index (χ4v) is 1.30. The summed E-state index contributed by atoms with van der Waals surface area (Å²) in [6.07, 6.45) is 0.413. The highest BCUT2D eigenvalue weighted by atomic mass is 19.1. The molecule has 4 heteroatoms. The van der Waals surface area contributed by atoms with Gasteiger partial charge in [0.25, 0.3) is 0 Å². The van der Waals surface area contributed by atoms with Crippen molar-refractivity contribution < 1.29 is 9.18 Å². The van der Waals surface area contributed by atoms with Crippen LogP contribution in [0.4, 0.5) is 15.8 Å². The van der Waals surface area contributed by atoms with E-state index in [0.717, 1.165) is 0 Å². The van der Waals surface area contributed by atoms with Crippen LogP contribution in [0.3, 0.4) is 0 Å². The standard InChI is InChI=1S/C9H9FN2O/c10-6-1-2-7-8(5-6)11-4-3-9(13)12-7/h1-2,5,11H,3-4H2,(H,12,13). The molecule has 0 atom stereocenters. The van der Waals surface area contributed by atoms with E-state index in [9.17, 15) is 9.18 Å². The highest BCUT2D eigenvalue weighted by Gasteiger charge is 2.11. The third kappa shape index (κ3) is 1.61. The van der Waals surface area contributed by atoms with Crippen molar-refractivity contribution in [2.75, 3.05) is 17.2 Å². The van der Waals surface area contributed by atoms with E-state index in [1.54, 1.807) is 6.07 Å². The minimum Gasteiger partial charge on any atom is -0.383 e. The lowest BCUT2D eigenvalue weighted by atomic mass is 10.2. The summed E-state index contributed by atoms with van der Waals surface area (Å²) < 4.78 is 12.8. The van der Waals surface area contributed by atoms with Crippen molar-refractivity contribution in [2.24, 2.45) is 0 Å². The van der Waals surface area contributed by atoms with E-state index in [4.69, 9.17) is 0 Å². The summed E-state index contributed by atoms with van der Waals surface area (Å²) in [4.78, 5) is 11.1. The predicted molar refractivity (Wildman–Crippen MR) is 48.1 cm³/mol. The molecule has 0 fully saturated rings. The van der Waals surface area contributed by atoms with Crippen molar-refractivity contribution in [3.63, 3.8) is 0 Å². The second-order valence-electron chi connectivity index (χ2n) is 2.91. The molecule has 68 valence electrons.